The average molecular weight is 429 g/mol. The number of rotatable bonds is 7. The Balaban J connectivity index is 1.81. The number of methoxy groups -OCH3 is 2. The van der Waals surface area contributed by atoms with Crippen molar-refractivity contribution >= 4 is 29.9 Å². The minimum atomic E-state index is -0.551. The molecule has 1 amide bonds. The summed E-state index contributed by atoms with van der Waals surface area (Å²) in [7, 11) is 2.78. The van der Waals surface area contributed by atoms with E-state index in [9.17, 15) is 14.4 Å². The highest BCUT2D eigenvalue weighted by atomic mass is 32.2. The molecule has 0 aromatic heterocycles. The van der Waals surface area contributed by atoms with Crippen LogP contribution in [-0.2, 0) is 4.74 Å². The largest absolute Gasteiger partial charge is 0.496 e. The van der Waals surface area contributed by atoms with E-state index in [1.165, 1.54) is 14.2 Å². The molecule has 1 atom stereocenters. The molecule has 7 nitrogen and oxygen atoms in total. The molecule has 2 aromatic carbocycles. The molecule has 2 aromatic rings. The van der Waals surface area contributed by atoms with Crippen molar-refractivity contribution in [3.63, 3.8) is 0 Å². The maximum Gasteiger partial charge on any atom is 0.338 e. The third-order valence-corrected chi connectivity index (χ3v) is 5.94. The zero-order chi connectivity index (χ0) is 21.5. The standard InChI is InChI=1S/C22H23NO6S/c1-27-19-8-5-9-20(18(19)12-24)29-13-15-14-30-11-10-23(15)21(25)16-6-3-4-7-17(16)22(26)28-2/h3-9,12,15H,10-11,13-14H2,1-2H3. The zero-order valence-corrected chi connectivity index (χ0v) is 17.6. The highest BCUT2D eigenvalue weighted by molar-refractivity contribution is 7.99. The summed E-state index contributed by atoms with van der Waals surface area (Å²) in [5.41, 5.74) is 0.868. The molecule has 0 N–H and O–H groups in total. The first kappa shape index (κ1) is 21.7. The maximum absolute atomic E-state index is 13.3. The van der Waals surface area contributed by atoms with Gasteiger partial charge < -0.3 is 19.1 Å². The van der Waals surface area contributed by atoms with Crippen LogP contribution in [0.2, 0.25) is 0 Å². The normalized spacial score (nSPS) is 15.9. The first-order chi connectivity index (χ1) is 14.6. The van der Waals surface area contributed by atoms with E-state index in [0.717, 1.165) is 5.75 Å². The third-order valence-electron chi connectivity index (χ3n) is 4.85. The van der Waals surface area contributed by atoms with Crippen LogP contribution in [0, 0.1) is 0 Å². The smallest absolute Gasteiger partial charge is 0.338 e. The van der Waals surface area contributed by atoms with Crippen LogP contribution in [0.15, 0.2) is 42.5 Å². The van der Waals surface area contributed by atoms with Gasteiger partial charge in [-0.2, -0.15) is 11.8 Å². The minimum absolute atomic E-state index is 0.215. The van der Waals surface area contributed by atoms with E-state index in [1.54, 1.807) is 59.1 Å². The van der Waals surface area contributed by atoms with Gasteiger partial charge in [0.1, 0.15) is 18.1 Å². The van der Waals surface area contributed by atoms with Gasteiger partial charge in [-0.15, -0.1) is 0 Å². The first-order valence-electron chi connectivity index (χ1n) is 9.41. The Labute approximate surface area is 179 Å². The van der Waals surface area contributed by atoms with Crippen LogP contribution in [0.25, 0.3) is 0 Å². The molecule has 0 saturated carbocycles. The Hall–Kier alpha value is -3.00. The van der Waals surface area contributed by atoms with Crippen LogP contribution in [0.3, 0.4) is 0 Å². The molecule has 1 fully saturated rings. The summed E-state index contributed by atoms with van der Waals surface area (Å²) in [5, 5.41) is 0. The monoisotopic (exact) mass is 429 g/mol. The van der Waals surface area contributed by atoms with Gasteiger partial charge in [-0.05, 0) is 24.3 Å². The van der Waals surface area contributed by atoms with Crippen molar-refractivity contribution in [3.05, 3.63) is 59.2 Å². The number of hydrogen-bond acceptors (Lipinski definition) is 7. The van der Waals surface area contributed by atoms with Gasteiger partial charge in [0.25, 0.3) is 5.91 Å². The van der Waals surface area contributed by atoms with Gasteiger partial charge in [-0.1, -0.05) is 18.2 Å². The van der Waals surface area contributed by atoms with E-state index in [-0.39, 0.29) is 24.1 Å². The number of ether oxygens (including phenoxy) is 3. The summed E-state index contributed by atoms with van der Waals surface area (Å²) < 4.78 is 15.9. The topological polar surface area (TPSA) is 82.1 Å². The van der Waals surface area contributed by atoms with Crippen LogP contribution < -0.4 is 9.47 Å². The fraction of sp³-hybridized carbons (Fsp3) is 0.318. The molecule has 0 radical (unpaired) electrons. The lowest BCUT2D eigenvalue weighted by Gasteiger charge is -2.35. The molecule has 158 valence electrons. The number of nitrogens with zero attached hydrogens (tertiary/aromatic N) is 1. The second-order valence-electron chi connectivity index (χ2n) is 6.57. The predicted octanol–water partition coefficient (Wildman–Crippen LogP) is 2.93. The van der Waals surface area contributed by atoms with Crippen molar-refractivity contribution < 1.29 is 28.6 Å². The van der Waals surface area contributed by atoms with Crippen molar-refractivity contribution in [2.24, 2.45) is 0 Å². The Bertz CT molecular complexity index is 932. The fourth-order valence-electron chi connectivity index (χ4n) is 3.30. The zero-order valence-electron chi connectivity index (χ0n) is 16.8. The second kappa shape index (κ2) is 10.2. The molecule has 0 spiro atoms. The molecular weight excluding hydrogens is 406 g/mol. The van der Waals surface area contributed by atoms with Crippen LogP contribution in [0.1, 0.15) is 31.1 Å². The number of thioether (sulfide) groups is 1. The summed E-state index contributed by atoms with van der Waals surface area (Å²) in [6, 6.07) is 11.5. The van der Waals surface area contributed by atoms with Gasteiger partial charge in [-0.25, -0.2) is 4.79 Å². The minimum Gasteiger partial charge on any atom is -0.496 e. The molecule has 3 rings (SSSR count). The lowest BCUT2D eigenvalue weighted by atomic mass is 10.1. The molecule has 1 aliphatic heterocycles. The van der Waals surface area contributed by atoms with Crippen LogP contribution in [0.5, 0.6) is 11.5 Å². The van der Waals surface area contributed by atoms with Gasteiger partial charge in [-0.3, -0.25) is 9.59 Å². The first-order valence-corrected chi connectivity index (χ1v) is 10.6. The van der Waals surface area contributed by atoms with E-state index in [4.69, 9.17) is 14.2 Å². The Morgan fingerprint density at radius 3 is 2.53 bits per heavy atom. The van der Waals surface area contributed by atoms with Crippen LogP contribution in [0.4, 0.5) is 0 Å². The lowest BCUT2D eigenvalue weighted by Crippen LogP contribution is -2.49. The van der Waals surface area contributed by atoms with Crippen molar-refractivity contribution in [1.29, 1.82) is 0 Å². The molecule has 8 heteroatoms. The number of carbonyl (C=O) groups is 3. The van der Waals surface area contributed by atoms with E-state index < -0.39 is 5.97 Å². The number of hydrogen-bond donors (Lipinski definition) is 0. The summed E-state index contributed by atoms with van der Waals surface area (Å²) >= 11 is 1.73. The van der Waals surface area contributed by atoms with Crippen molar-refractivity contribution in [3.8, 4) is 11.5 Å². The third kappa shape index (κ3) is 4.59. The molecular formula is C22H23NO6S. The van der Waals surface area contributed by atoms with Crippen molar-refractivity contribution in [1.82, 2.24) is 4.90 Å². The summed E-state index contributed by atoms with van der Waals surface area (Å²) in [6.45, 7) is 0.749. The second-order valence-corrected chi connectivity index (χ2v) is 7.72. The van der Waals surface area contributed by atoms with Crippen LogP contribution >= 0.6 is 11.8 Å². The van der Waals surface area contributed by atoms with Crippen molar-refractivity contribution in [2.45, 2.75) is 6.04 Å². The fourth-order valence-corrected chi connectivity index (χ4v) is 4.34. The highest BCUT2D eigenvalue weighted by Gasteiger charge is 2.31. The number of carbonyl (C=O) groups excluding carboxylic acids is 3. The number of esters is 1. The van der Waals surface area contributed by atoms with Gasteiger partial charge >= 0.3 is 5.97 Å². The molecule has 0 bridgehead atoms. The molecule has 1 aliphatic rings. The van der Waals surface area contributed by atoms with E-state index in [2.05, 4.69) is 0 Å². The summed E-state index contributed by atoms with van der Waals surface area (Å²) in [5.74, 6) is 1.52. The summed E-state index contributed by atoms with van der Waals surface area (Å²) in [6.07, 6.45) is 0.694. The lowest BCUT2D eigenvalue weighted by molar-refractivity contribution is 0.0576. The summed E-state index contributed by atoms with van der Waals surface area (Å²) in [4.78, 5) is 38.5. The Morgan fingerprint density at radius 1 is 1.10 bits per heavy atom. The number of amides is 1. The molecule has 30 heavy (non-hydrogen) atoms. The SMILES string of the molecule is COC(=O)c1ccccc1C(=O)N1CCSCC1COc1cccc(OC)c1C=O. The Kier molecular flexibility index (Phi) is 7.35. The molecule has 1 heterocycles. The van der Waals surface area contributed by atoms with Crippen LogP contribution in [-0.4, -0.2) is 68.0 Å². The average Bonchev–Trinajstić information content (AvgIpc) is 2.81. The van der Waals surface area contributed by atoms with E-state index >= 15 is 0 Å². The van der Waals surface area contributed by atoms with E-state index in [0.29, 0.717) is 41.2 Å². The van der Waals surface area contributed by atoms with E-state index in [1.807, 2.05) is 0 Å². The Morgan fingerprint density at radius 2 is 1.83 bits per heavy atom. The molecule has 1 unspecified atom stereocenters. The van der Waals surface area contributed by atoms with Crippen molar-refractivity contribution in [2.75, 3.05) is 38.9 Å². The number of aldehydes is 1. The van der Waals surface area contributed by atoms with Gasteiger partial charge in [0.15, 0.2) is 6.29 Å². The predicted molar refractivity (Wildman–Crippen MR) is 114 cm³/mol. The maximum atomic E-state index is 13.3. The van der Waals surface area contributed by atoms with Gasteiger partial charge in [0, 0.05) is 18.1 Å². The number of benzene rings is 2. The molecule has 0 aliphatic carbocycles. The van der Waals surface area contributed by atoms with Gasteiger partial charge in [0.2, 0.25) is 0 Å². The molecule has 1 saturated heterocycles. The highest BCUT2D eigenvalue weighted by Crippen LogP contribution is 2.28. The quantitative estimate of drug-likeness (QED) is 0.494. The van der Waals surface area contributed by atoms with Gasteiger partial charge in [0.05, 0.1) is 37.0 Å².